The lowest BCUT2D eigenvalue weighted by Gasteiger charge is -2.16. The number of aliphatic hydroxyl groups excluding tert-OH is 1. The summed E-state index contributed by atoms with van der Waals surface area (Å²) in [5.74, 6) is -1.36. The maximum Gasteiger partial charge on any atom is 0.338 e. The minimum absolute atomic E-state index is 0.119. The van der Waals surface area contributed by atoms with Crippen molar-refractivity contribution in [2.24, 2.45) is 0 Å². The van der Waals surface area contributed by atoms with Crippen LogP contribution in [0.1, 0.15) is 28.4 Å². The molecular weight excluding hydrogens is 334 g/mol. The van der Waals surface area contributed by atoms with E-state index >= 15 is 0 Å². The first-order chi connectivity index (χ1) is 12.5. The number of ketones is 1. The van der Waals surface area contributed by atoms with E-state index in [0.29, 0.717) is 12.0 Å². The van der Waals surface area contributed by atoms with Gasteiger partial charge < -0.3 is 15.2 Å². The zero-order valence-electron chi connectivity index (χ0n) is 14.5. The van der Waals surface area contributed by atoms with Gasteiger partial charge in [-0.1, -0.05) is 42.5 Å². The summed E-state index contributed by atoms with van der Waals surface area (Å²) in [6.07, 6.45) is 0.373. The summed E-state index contributed by atoms with van der Waals surface area (Å²) in [4.78, 5) is 35.7. The number of Topliss-reactive ketones (excluding diaryl/α,β-unsaturated/α-hetero) is 1. The summed E-state index contributed by atoms with van der Waals surface area (Å²) in [5.41, 5.74) is 1.88. The largest absolute Gasteiger partial charge is 0.452 e. The first kappa shape index (κ1) is 19.3. The molecule has 0 unspecified atom stereocenters. The maximum absolute atomic E-state index is 12.0. The number of hydrogen-bond acceptors (Lipinski definition) is 5. The predicted molar refractivity (Wildman–Crippen MR) is 95.4 cm³/mol. The molecule has 0 spiro atoms. The van der Waals surface area contributed by atoms with Crippen LogP contribution in [-0.4, -0.2) is 35.4 Å². The molecule has 2 aromatic rings. The average Bonchev–Trinajstić information content (AvgIpc) is 2.66. The Morgan fingerprint density at radius 2 is 1.65 bits per heavy atom. The standard InChI is InChI=1S/C20H21NO5/c1-14(23)18(11-15-5-3-2-4-6-15)21-19(24)13-26-20(25)17-9-7-16(12-22)8-10-17/h2-10,18,22H,11-13H2,1H3,(H,21,24)/t18-/m0/s1. The quantitative estimate of drug-likeness (QED) is 0.703. The molecule has 0 aliphatic heterocycles. The third-order valence-corrected chi connectivity index (χ3v) is 3.82. The van der Waals surface area contributed by atoms with Crippen molar-refractivity contribution in [3.05, 3.63) is 71.3 Å². The molecule has 6 nitrogen and oxygen atoms in total. The van der Waals surface area contributed by atoms with Gasteiger partial charge in [-0.05, 0) is 36.6 Å². The molecule has 0 aliphatic rings. The minimum atomic E-state index is -0.674. The average molecular weight is 355 g/mol. The summed E-state index contributed by atoms with van der Waals surface area (Å²) in [5, 5.41) is 11.6. The molecular formula is C20H21NO5. The fourth-order valence-electron chi connectivity index (χ4n) is 2.34. The molecule has 0 saturated carbocycles. The van der Waals surface area contributed by atoms with Gasteiger partial charge in [-0.3, -0.25) is 9.59 Å². The van der Waals surface area contributed by atoms with Crippen molar-refractivity contribution in [1.29, 1.82) is 0 Å². The molecule has 2 N–H and O–H groups in total. The van der Waals surface area contributed by atoms with Crippen LogP contribution >= 0.6 is 0 Å². The van der Waals surface area contributed by atoms with Gasteiger partial charge in [-0.25, -0.2) is 4.79 Å². The Labute approximate surface area is 151 Å². The van der Waals surface area contributed by atoms with Gasteiger partial charge in [-0.15, -0.1) is 0 Å². The third-order valence-electron chi connectivity index (χ3n) is 3.82. The number of benzene rings is 2. The fraction of sp³-hybridized carbons (Fsp3) is 0.250. The number of nitrogens with one attached hydrogen (secondary N) is 1. The Hall–Kier alpha value is -2.99. The molecule has 0 saturated heterocycles. The van der Waals surface area contributed by atoms with E-state index in [9.17, 15) is 14.4 Å². The first-order valence-corrected chi connectivity index (χ1v) is 8.20. The van der Waals surface area contributed by atoms with Gasteiger partial charge in [0.1, 0.15) is 0 Å². The summed E-state index contributed by atoms with van der Waals surface area (Å²) in [6.45, 7) is 0.813. The highest BCUT2D eigenvalue weighted by Gasteiger charge is 2.18. The highest BCUT2D eigenvalue weighted by molar-refractivity contribution is 5.92. The van der Waals surface area contributed by atoms with Crippen LogP contribution in [0, 0.1) is 0 Å². The Balaban J connectivity index is 1.87. The van der Waals surface area contributed by atoms with E-state index in [-0.39, 0.29) is 18.0 Å². The Morgan fingerprint density at radius 3 is 2.23 bits per heavy atom. The number of hydrogen-bond donors (Lipinski definition) is 2. The lowest BCUT2D eigenvalue weighted by atomic mass is 10.0. The van der Waals surface area contributed by atoms with Crippen LogP contribution in [0.25, 0.3) is 0 Å². The van der Waals surface area contributed by atoms with Gasteiger partial charge >= 0.3 is 5.97 Å². The zero-order chi connectivity index (χ0) is 18.9. The van der Waals surface area contributed by atoms with Gasteiger partial charge in [0.25, 0.3) is 5.91 Å². The van der Waals surface area contributed by atoms with E-state index in [2.05, 4.69) is 5.32 Å². The summed E-state index contributed by atoms with van der Waals surface area (Å²) in [7, 11) is 0. The summed E-state index contributed by atoms with van der Waals surface area (Å²) >= 11 is 0. The second-order valence-corrected chi connectivity index (χ2v) is 5.85. The highest BCUT2D eigenvalue weighted by Crippen LogP contribution is 2.07. The van der Waals surface area contributed by atoms with Crippen molar-refractivity contribution >= 4 is 17.7 Å². The molecule has 0 fully saturated rings. The van der Waals surface area contributed by atoms with Crippen molar-refractivity contribution in [3.8, 4) is 0 Å². The maximum atomic E-state index is 12.0. The van der Waals surface area contributed by atoms with E-state index in [1.165, 1.54) is 19.1 Å². The fourth-order valence-corrected chi connectivity index (χ4v) is 2.34. The van der Waals surface area contributed by atoms with Gasteiger partial charge in [0.2, 0.25) is 0 Å². The van der Waals surface area contributed by atoms with Gasteiger partial charge in [0, 0.05) is 0 Å². The number of aliphatic hydroxyl groups is 1. The minimum Gasteiger partial charge on any atom is -0.452 e. The number of carbonyl (C=O) groups is 3. The molecule has 26 heavy (non-hydrogen) atoms. The second kappa shape index (κ2) is 9.48. The van der Waals surface area contributed by atoms with Gasteiger partial charge in [-0.2, -0.15) is 0 Å². The Kier molecular flexibility index (Phi) is 7.05. The van der Waals surface area contributed by atoms with Crippen LogP contribution < -0.4 is 5.32 Å². The van der Waals surface area contributed by atoms with E-state index in [1.807, 2.05) is 30.3 Å². The van der Waals surface area contributed by atoms with Crippen LogP contribution in [-0.2, 0) is 27.4 Å². The molecule has 1 amide bonds. The highest BCUT2D eigenvalue weighted by atomic mass is 16.5. The summed E-state index contributed by atoms with van der Waals surface area (Å²) < 4.78 is 4.97. The van der Waals surface area contributed by atoms with Crippen LogP contribution in [0.2, 0.25) is 0 Å². The van der Waals surface area contributed by atoms with E-state index in [1.54, 1.807) is 12.1 Å². The van der Waals surface area contributed by atoms with Crippen molar-refractivity contribution in [2.45, 2.75) is 26.0 Å². The number of amides is 1. The SMILES string of the molecule is CC(=O)[C@H](Cc1ccccc1)NC(=O)COC(=O)c1ccc(CO)cc1. The normalized spacial score (nSPS) is 11.5. The Bertz CT molecular complexity index is 756. The lowest BCUT2D eigenvalue weighted by molar-refractivity contribution is -0.128. The van der Waals surface area contributed by atoms with Gasteiger partial charge in [0.05, 0.1) is 18.2 Å². The monoisotopic (exact) mass is 355 g/mol. The molecule has 0 heterocycles. The zero-order valence-corrected chi connectivity index (χ0v) is 14.5. The molecule has 0 aliphatic carbocycles. The number of rotatable bonds is 8. The van der Waals surface area contributed by atoms with Gasteiger partial charge in [0.15, 0.2) is 12.4 Å². The molecule has 0 radical (unpaired) electrons. The third kappa shape index (κ3) is 5.82. The van der Waals surface area contributed by atoms with Crippen molar-refractivity contribution in [2.75, 3.05) is 6.61 Å². The second-order valence-electron chi connectivity index (χ2n) is 5.85. The molecule has 2 aromatic carbocycles. The van der Waals surface area contributed by atoms with E-state index in [0.717, 1.165) is 5.56 Å². The van der Waals surface area contributed by atoms with Crippen LogP contribution in [0.3, 0.4) is 0 Å². The first-order valence-electron chi connectivity index (χ1n) is 8.20. The summed E-state index contributed by atoms with van der Waals surface area (Å²) in [6, 6.07) is 14.9. The predicted octanol–water partition coefficient (Wildman–Crippen LogP) is 1.65. The van der Waals surface area contributed by atoms with Crippen LogP contribution in [0.5, 0.6) is 0 Å². The molecule has 6 heteroatoms. The van der Waals surface area contributed by atoms with E-state index < -0.39 is 24.5 Å². The molecule has 2 rings (SSSR count). The lowest BCUT2D eigenvalue weighted by Crippen LogP contribution is -2.43. The smallest absolute Gasteiger partial charge is 0.338 e. The topological polar surface area (TPSA) is 92.7 Å². The number of carbonyl (C=O) groups excluding carboxylic acids is 3. The van der Waals surface area contributed by atoms with Crippen molar-refractivity contribution in [1.82, 2.24) is 5.32 Å². The molecule has 136 valence electrons. The van der Waals surface area contributed by atoms with E-state index in [4.69, 9.17) is 9.84 Å². The van der Waals surface area contributed by atoms with Crippen molar-refractivity contribution in [3.63, 3.8) is 0 Å². The van der Waals surface area contributed by atoms with Crippen molar-refractivity contribution < 1.29 is 24.2 Å². The number of esters is 1. The molecule has 1 atom stereocenters. The Morgan fingerprint density at radius 1 is 1.00 bits per heavy atom. The van der Waals surface area contributed by atoms with Crippen LogP contribution in [0.4, 0.5) is 0 Å². The van der Waals surface area contributed by atoms with Crippen LogP contribution in [0.15, 0.2) is 54.6 Å². The molecule has 0 aromatic heterocycles. The number of ether oxygens (including phenoxy) is 1. The molecule has 0 bridgehead atoms.